The van der Waals surface area contributed by atoms with E-state index in [1.807, 2.05) is 38.2 Å². The maximum atomic E-state index is 12.3. The molecule has 1 aromatic carbocycles. The van der Waals surface area contributed by atoms with Crippen LogP contribution in [0.5, 0.6) is 5.75 Å². The summed E-state index contributed by atoms with van der Waals surface area (Å²) < 4.78 is 5.37. The third kappa shape index (κ3) is 3.97. The number of amides is 1. The van der Waals surface area contributed by atoms with E-state index in [0.29, 0.717) is 6.54 Å². The summed E-state index contributed by atoms with van der Waals surface area (Å²) in [4.78, 5) is 16.2. The van der Waals surface area contributed by atoms with Crippen LogP contribution in [-0.4, -0.2) is 49.5 Å². The second kappa shape index (κ2) is 7.90. The third-order valence-electron chi connectivity index (χ3n) is 3.82. The van der Waals surface area contributed by atoms with E-state index in [0.717, 1.165) is 24.4 Å². The van der Waals surface area contributed by atoms with Gasteiger partial charge in [-0.2, -0.15) is 0 Å². The Hall–Kier alpha value is -1.55. The SMILES string of the molecule is CCN(CC)CC(=O)N(C)C(C)c1ccccc1OC. The minimum atomic E-state index is -0.00536. The number of likely N-dealkylation sites (N-methyl/N-ethyl adjacent to an activating group) is 2. The van der Waals surface area contributed by atoms with E-state index in [1.165, 1.54) is 0 Å². The Morgan fingerprint density at radius 3 is 2.40 bits per heavy atom. The van der Waals surface area contributed by atoms with Crippen LogP contribution in [0.1, 0.15) is 32.4 Å². The molecule has 1 rings (SSSR count). The van der Waals surface area contributed by atoms with Crippen molar-refractivity contribution in [2.75, 3.05) is 33.8 Å². The highest BCUT2D eigenvalue weighted by atomic mass is 16.5. The molecule has 0 fully saturated rings. The van der Waals surface area contributed by atoms with Crippen LogP contribution < -0.4 is 4.74 Å². The van der Waals surface area contributed by atoms with Crippen molar-refractivity contribution < 1.29 is 9.53 Å². The molecular weight excluding hydrogens is 252 g/mol. The smallest absolute Gasteiger partial charge is 0.236 e. The minimum Gasteiger partial charge on any atom is -0.496 e. The second-order valence-corrected chi connectivity index (χ2v) is 4.88. The molecule has 0 aromatic heterocycles. The van der Waals surface area contributed by atoms with Crippen molar-refractivity contribution in [2.45, 2.75) is 26.8 Å². The molecule has 1 aromatic rings. The van der Waals surface area contributed by atoms with E-state index in [9.17, 15) is 4.79 Å². The molecule has 1 unspecified atom stereocenters. The first-order valence-corrected chi connectivity index (χ1v) is 7.16. The van der Waals surface area contributed by atoms with E-state index in [4.69, 9.17) is 4.74 Å². The number of methoxy groups -OCH3 is 1. The number of ether oxygens (including phenoxy) is 1. The topological polar surface area (TPSA) is 32.8 Å². The molecule has 0 aliphatic rings. The lowest BCUT2D eigenvalue weighted by molar-refractivity contribution is -0.133. The number of rotatable bonds is 7. The Bertz CT molecular complexity index is 430. The standard InChI is InChI=1S/C16H26N2O2/c1-6-18(7-2)12-16(19)17(4)13(3)14-10-8-9-11-15(14)20-5/h8-11,13H,6-7,12H2,1-5H3. The lowest BCUT2D eigenvalue weighted by Gasteiger charge is -2.29. The van der Waals surface area contributed by atoms with Gasteiger partial charge in [-0.15, -0.1) is 0 Å². The summed E-state index contributed by atoms with van der Waals surface area (Å²) in [6.07, 6.45) is 0. The van der Waals surface area contributed by atoms with E-state index >= 15 is 0 Å². The fourth-order valence-corrected chi connectivity index (χ4v) is 2.19. The molecule has 0 bridgehead atoms. The van der Waals surface area contributed by atoms with Crippen molar-refractivity contribution in [3.05, 3.63) is 29.8 Å². The predicted molar refractivity (Wildman–Crippen MR) is 82.0 cm³/mol. The van der Waals surface area contributed by atoms with Crippen LogP contribution in [0.15, 0.2) is 24.3 Å². The van der Waals surface area contributed by atoms with Crippen molar-refractivity contribution in [1.82, 2.24) is 9.80 Å². The van der Waals surface area contributed by atoms with Gasteiger partial charge in [-0.1, -0.05) is 32.0 Å². The highest BCUT2D eigenvalue weighted by Gasteiger charge is 2.21. The summed E-state index contributed by atoms with van der Waals surface area (Å²) in [5.74, 6) is 0.953. The first-order chi connectivity index (χ1) is 9.54. The van der Waals surface area contributed by atoms with E-state index in [2.05, 4.69) is 18.7 Å². The van der Waals surface area contributed by atoms with E-state index in [-0.39, 0.29) is 11.9 Å². The van der Waals surface area contributed by atoms with Crippen molar-refractivity contribution in [1.29, 1.82) is 0 Å². The Kier molecular flexibility index (Phi) is 6.52. The van der Waals surface area contributed by atoms with Gasteiger partial charge in [0.1, 0.15) is 5.75 Å². The predicted octanol–water partition coefficient (Wildman–Crippen LogP) is 2.56. The fraction of sp³-hybridized carbons (Fsp3) is 0.562. The molecule has 0 heterocycles. The number of benzene rings is 1. The van der Waals surface area contributed by atoms with Gasteiger partial charge in [-0.3, -0.25) is 9.69 Å². The van der Waals surface area contributed by atoms with Crippen LogP contribution in [0.25, 0.3) is 0 Å². The van der Waals surface area contributed by atoms with Crippen molar-refractivity contribution in [2.24, 2.45) is 0 Å². The van der Waals surface area contributed by atoms with Gasteiger partial charge in [0, 0.05) is 12.6 Å². The van der Waals surface area contributed by atoms with Crippen molar-refractivity contribution >= 4 is 5.91 Å². The first-order valence-electron chi connectivity index (χ1n) is 7.16. The Labute approximate surface area is 122 Å². The van der Waals surface area contributed by atoms with E-state index < -0.39 is 0 Å². The highest BCUT2D eigenvalue weighted by molar-refractivity contribution is 5.78. The lowest BCUT2D eigenvalue weighted by Crippen LogP contribution is -2.39. The number of carbonyl (C=O) groups excluding carboxylic acids is 1. The Balaban J connectivity index is 2.80. The molecule has 4 nitrogen and oxygen atoms in total. The third-order valence-corrected chi connectivity index (χ3v) is 3.82. The molecule has 112 valence electrons. The maximum Gasteiger partial charge on any atom is 0.236 e. The summed E-state index contributed by atoms with van der Waals surface area (Å²) in [6.45, 7) is 8.40. The van der Waals surface area contributed by atoms with Gasteiger partial charge in [-0.25, -0.2) is 0 Å². The molecule has 0 radical (unpaired) electrons. The number of nitrogens with zero attached hydrogens (tertiary/aromatic N) is 2. The van der Waals surface area contributed by atoms with Gasteiger partial charge in [0.25, 0.3) is 0 Å². The van der Waals surface area contributed by atoms with Gasteiger partial charge in [-0.05, 0) is 26.1 Å². The van der Waals surface area contributed by atoms with Crippen molar-refractivity contribution in [3.8, 4) is 5.75 Å². The maximum absolute atomic E-state index is 12.3. The van der Waals surface area contributed by atoms with Crippen LogP contribution in [0.2, 0.25) is 0 Å². The van der Waals surface area contributed by atoms with Crippen LogP contribution in [0, 0.1) is 0 Å². The molecule has 0 aliphatic heterocycles. The fourth-order valence-electron chi connectivity index (χ4n) is 2.19. The summed E-state index contributed by atoms with van der Waals surface area (Å²) in [7, 11) is 3.51. The quantitative estimate of drug-likeness (QED) is 0.768. The van der Waals surface area contributed by atoms with Gasteiger partial charge >= 0.3 is 0 Å². The van der Waals surface area contributed by atoms with Gasteiger partial charge in [0.15, 0.2) is 0 Å². The van der Waals surface area contributed by atoms with Gasteiger partial charge in [0.05, 0.1) is 19.7 Å². The average Bonchev–Trinajstić information content (AvgIpc) is 2.50. The first kappa shape index (κ1) is 16.5. The highest BCUT2D eigenvalue weighted by Crippen LogP contribution is 2.28. The number of hydrogen-bond donors (Lipinski definition) is 0. The summed E-state index contributed by atoms with van der Waals surface area (Å²) >= 11 is 0. The molecule has 1 amide bonds. The van der Waals surface area contributed by atoms with Crippen LogP contribution in [0.3, 0.4) is 0 Å². The number of para-hydroxylation sites is 1. The molecule has 20 heavy (non-hydrogen) atoms. The molecule has 0 N–H and O–H groups in total. The van der Waals surface area contributed by atoms with Crippen molar-refractivity contribution in [3.63, 3.8) is 0 Å². The molecule has 0 spiro atoms. The molecule has 0 saturated heterocycles. The largest absolute Gasteiger partial charge is 0.496 e. The van der Waals surface area contributed by atoms with Gasteiger partial charge < -0.3 is 9.64 Å². The zero-order chi connectivity index (χ0) is 15.1. The second-order valence-electron chi connectivity index (χ2n) is 4.88. The summed E-state index contributed by atoms with van der Waals surface area (Å²) in [5, 5.41) is 0. The summed E-state index contributed by atoms with van der Waals surface area (Å²) in [6, 6.07) is 7.83. The number of carbonyl (C=O) groups is 1. The number of hydrogen-bond acceptors (Lipinski definition) is 3. The van der Waals surface area contributed by atoms with Crippen LogP contribution >= 0.6 is 0 Å². The zero-order valence-electron chi connectivity index (χ0n) is 13.2. The average molecular weight is 278 g/mol. The molecular formula is C16H26N2O2. The minimum absolute atomic E-state index is 0.00536. The Morgan fingerprint density at radius 1 is 1.25 bits per heavy atom. The van der Waals surface area contributed by atoms with Gasteiger partial charge in [0.2, 0.25) is 5.91 Å². The molecule has 0 saturated carbocycles. The summed E-state index contributed by atoms with van der Waals surface area (Å²) in [5.41, 5.74) is 1.03. The lowest BCUT2D eigenvalue weighted by atomic mass is 10.1. The zero-order valence-corrected chi connectivity index (χ0v) is 13.2. The molecule has 4 heteroatoms. The monoisotopic (exact) mass is 278 g/mol. The molecule has 0 aliphatic carbocycles. The van der Waals surface area contributed by atoms with Crippen LogP contribution in [0.4, 0.5) is 0 Å². The van der Waals surface area contributed by atoms with Crippen LogP contribution in [-0.2, 0) is 4.79 Å². The normalized spacial score (nSPS) is 12.3. The molecule has 1 atom stereocenters. The Morgan fingerprint density at radius 2 is 1.85 bits per heavy atom. The van der Waals surface area contributed by atoms with E-state index in [1.54, 1.807) is 12.0 Å².